The van der Waals surface area contributed by atoms with E-state index in [4.69, 9.17) is 31.5 Å². The van der Waals surface area contributed by atoms with E-state index in [0.29, 0.717) is 44.7 Å². The zero-order valence-corrected chi connectivity index (χ0v) is 17.3. The first-order valence-corrected chi connectivity index (χ1v) is 9.81. The van der Waals surface area contributed by atoms with Gasteiger partial charge in [0.05, 0.1) is 26.3 Å². The average molecular weight is 404 g/mol. The van der Waals surface area contributed by atoms with Gasteiger partial charge in [-0.3, -0.25) is 5.41 Å². The highest BCUT2D eigenvalue weighted by Gasteiger charge is 2.15. The molecular weight excluding hydrogens is 382 g/mol. The van der Waals surface area contributed by atoms with Gasteiger partial charge in [-0.15, -0.1) is 0 Å². The molecule has 0 spiro atoms. The summed E-state index contributed by atoms with van der Waals surface area (Å²) in [6.45, 7) is 4.69. The summed E-state index contributed by atoms with van der Waals surface area (Å²) < 4.78 is 12.7. The number of rotatable bonds is 6. The molecule has 1 heterocycles. The predicted molar refractivity (Wildman–Crippen MR) is 110 cm³/mol. The van der Waals surface area contributed by atoms with Gasteiger partial charge in [-0.1, -0.05) is 55.4 Å². The van der Waals surface area contributed by atoms with Crippen molar-refractivity contribution in [1.82, 2.24) is 9.55 Å². The summed E-state index contributed by atoms with van der Waals surface area (Å²) in [5.74, 6) is 1.18. The van der Waals surface area contributed by atoms with Crippen LogP contribution in [-0.2, 0) is 6.54 Å². The number of ether oxygens (including phenoxy) is 2. The van der Waals surface area contributed by atoms with Crippen molar-refractivity contribution < 1.29 is 9.47 Å². The fraction of sp³-hybridized carbons (Fsp3) is 0.300. The average Bonchev–Trinajstić information content (AvgIpc) is 2.65. The lowest BCUT2D eigenvalue weighted by Crippen LogP contribution is -2.25. The van der Waals surface area contributed by atoms with Crippen molar-refractivity contribution >= 4 is 34.3 Å². The molecule has 0 aliphatic carbocycles. The maximum absolute atomic E-state index is 8.81. The first-order chi connectivity index (χ1) is 12.9. The van der Waals surface area contributed by atoms with Gasteiger partial charge >= 0.3 is 0 Å². The summed E-state index contributed by atoms with van der Waals surface area (Å²) in [6, 6.07) is 11.3. The standard InChI is InChI=1S/C20H22ClN3O2S/c1-12(2)27-20-23-16-10-18(26-4)17(25-3)9-14(16)19(22)24(20)11-13-7-5-6-8-15(13)21/h5-10,12,22H,11H2,1-4H3. The molecular formula is C20H22ClN3O2S. The molecule has 0 saturated heterocycles. The maximum Gasteiger partial charge on any atom is 0.170 e. The highest BCUT2D eigenvalue weighted by Crippen LogP contribution is 2.32. The van der Waals surface area contributed by atoms with E-state index in [2.05, 4.69) is 13.8 Å². The lowest BCUT2D eigenvalue weighted by Gasteiger charge is -2.17. The minimum Gasteiger partial charge on any atom is -0.493 e. The number of hydrogen-bond acceptors (Lipinski definition) is 5. The van der Waals surface area contributed by atoms with Gasteiger partial charge < -0.3 is 14.0 Å². The molecule has 0 aliphatic heterocycles. The summed E-state index contributed by atoms with van der Waals surface area (Å²) in [5, 5.41) is 11.3. The van der Waals surface area contributed by atoms with Crippen LogP contribution in [-0.4, -0.2) is 29.0 Å². The lowest BCUT2D eigenvalue weighted by molar-refractivity contribution is 0.355. The normalized spacial score (nSPS) is 11.2. The third-order valence-electron chi connectivity index (χ3n) is 4.10. The fourth-order valence-corrected chi connectivity index (χ4v) is 3.85. The number of methoxy groups -OCH3 is 2. The van der Waals surface area contributed by atoms with E-state index in [1.165, 1.54) is 0 Å². The molecule has 0 saturated carbocycles. The Kier molecular flexibility index (Phi) is 5.97. The summed E-state index contributed by atoms with van der Waals surface area (Å²) >= 11 is 7.97. The monoisotopic (exact) mass is 403 g/mol. The largest absolute Gasteiger partial charge is 0.493 e. The lowest BCUT2D eigenvalue weighted by atomic mass is 10.2. The van der Waals surface area contributed by atoms with Crippen molar-refractivity contribution in [2.75, 3.05) is 14.2 Å². The molecule has 7 heteroatoms. The number of thioether (sulfide) groups is 1. The van der Waals surface area contributed by atoms with Crippen LogP contribution in [0, 0.1) is 5.41 Å². The SMILES string of the molecule is COc1cc2nc(SC(C)C)n(Cc3ccccc3Cl)c(=N)c2cc1OC. The Bertz CT molecular complexity index is 1030. The van der Waals surface area contributed by atoms with Crippen LogP contribution in [0.2, 0.25) is 5.02 Å². The maximum atomic E-state index is 8.81. The third-order valence-corrected chi connectivity index (χ3v) is 5.46. The number of halogens is 1. The number of fused-ring (bicyclic) bond motifs is 1. The first kappa shape index (κ1) is 19.6. The van der Waals surface area contributed by atoms with E-state index in [1.54, 1.807) is 32.0 Å². The summed E-state index contributed by atoms with van der Waals surface area (Å²) in [7, 11) is 3.18. The number of nitrogens with one attached hydrogen (secondary N) is 1. The van der Waals surface area contributed by atoms with Gasteiger partial charge in [0.1, 0.15) is 5.49 Å². The molecule has 0 amide bonds. The molecule has 0 aliphatic rings. The number of nitrogens with zero attached hydrogens (tertiary/aromatic N) is 2. The molecule has 0 radical (unpaired) electrons. The Labute approximate surface area is 167 Å². The van der Waals surface area contributed by atoms with Crippen LogP contribution < -0.4 is 15.0 Å². The van der Waals surface area contributed by atoms with Crippen LogP contribution in [0.25, 0.3) is 10.9 Å². The number of aromatic nitrogens is 2. The van der Waals surface area contributed by atoms with Crippen molar-refractivity contribution in [2.45, 2.75) is 30.8 Å². The van der Waals surface area contributed by atoms with Gasteiger partial charge in [0.15, 0.2) is 16.7 Å². The molecule has 3 rings (SSSR count). The van der Waals surface area contributed by atoms with Crippen LogP contribution in [0.4, 0.5) is 0 Å². The molecule has 0 bridgehead atoms. The third kappa shape index (κ3) is 4.06. The second kappa shape index (κ2) is 8.23. The zero-order valence-electron chi connectivity index (χ0n) is 15.7. The predicted octanol–water partition coefficient (Wildman–Crippen LogP) is 4.74. The topological polar surface area (TPSA) is 60.1 Å². The van der Waals surface area contributed by atoms with E-state index < -0.39 is 0 Å². The molecule has 5 nitrogen and oxygen atoms in total. The van der Waals surface area contributed by atoms with Crippen molar-refractivity contribution in [3.8, 4) is 11.5 Å². The highest BCUT2D eigenvalue weighted by molar-refractivity contribution is 7.99. The van der Waals surface area contributed by atoms with E-state index in [1.807, 2.05) is 34.9 Å². The van der Waals surface area contributed by atoms with Gasteiger partial charge in [-0.05, 0) is 17.7 Å². The van der Waals surface area contributed by atoms with Crippen LogP contribution in [0.3, 0.4) is 0 Å². The fourth-order valence-electron chi connectivity index (χ4n) is 2.80. The molecule has 142 valence electrons. The van der Waals surface area contributed by atoms with Crippen LogP contribution in [0.1, 0.15) is 19.4 Å². The number of hydrogen-bond donors (Lipinski definition) is 1. The molecule has 0 atom stereocenters. The molecule has 1 aromatic heterocycles. The Morgan fingerprint density at radius 3 is 2.44 bits per heavy atom. The molecule has 27 heavy (non-hydrogen) atoms. The summed E-state index contributed by atoms with van der Waals surface area (Å²) in [5.41, 5.74) is 2.02. The van der Waals surface area contributed by atoms with Crippen molar-refractivity contribution in [1.29, 1.82) is 5.41 Å². The van der Waals surface area contributed by atoms with Gasteiger partial charge in [0.25, 0.3) is 0 Å². The van der Waals surface area contributed by atoms with Crippen LogP contribution in [0.5, 0.6) is 11.5 Å². The minimum atomic E-state index is 0.326. The van der Waals surface area contributed by atoms with Crippen molar-refractivity contribution in [2.24, 2.45) is 0 Å². The molecule has 2 aromatic carbocycles. The van der Waals surface area contributed by atoms with Crippen molar-refractivity contribution in [3.05, 3.63) is 52.5 Å². The molecule has 0 fully saturated rings. The van der Waals surface area contributed by atoms with Gasteiger partial charge in [0.2, 0.25) is 0 Å². The van der Waals surface area contributed by atoms with Gasteiger partial charge in [-0.2, -0.15) is 0 Å². The minimum absolute atomic E-state index is 0.326. The smallest absolute Gasteiger partial charge is 0.170 e. The number of benzene rings is 2. The molecule has 0 unspecified atom stereocenters. The van der Waals surface area contributed by atoms with E-state index >= 15 is 0 Å². The Balaban J connectivity index is 2.24. The summed E-state index contributed by atoms with van der Waals surface area (Å²) in [4.78, 5) is 4.81. The summed E-state index contributed by atoms with van der Waals surface area (Å²) in [6.07, 6.45) is 0. The van der Waals surface area contributed by atoms with Crippen LogP contribution >= 0.6 is 23.4 Å². The van der Waals surface area contributed by atoms with E-state index in [0.717, 1.165) is 10.7 Å². The zero-order chi connectivity index (χ0) is 19.6. The van der Waals surface area contributed by atoms with Gasteiger partial charge in [0, 0.05) is 21.7 Å². The van der Waals surface area contributed by atoms with E-state index in [-0.39, 0.29) is 0 Å². The Hall–Kier alpha value is -2.18. The quantitative estimate of drug-likeness (QED) is 0.477. The second-order valence-electron chi connectivity index (χ2n) is 6.31. The van der Waals surface area contributed by atoms with Crippen LogP contribution in [0.15, 0.2) is 41.6 Å². The molecule has 3 aromatic rings. The van der Waals surface area contributed by atoms with Gasteiger partial charge in [-0.25, -0.2) is 4.98 Å². The Morgan fingerprint density at radius 1 is 1.15 bits per heavy atom. The van der Waals surface area contributed by atoms with E-state index in [9.17, 15) is 0 Å². The molecule has 1 N–H and O–H groups in total. The Morgan fingerprint density at radius 2 is 1.81 bits per heavy atom. The first-order valence-electron chi connectivity index (χ1n) is 8.55. The van der Waals surface area contributed by atoms with Crippen molar-refractivity contribution in [3.63, 3.8) is 0 Å². The highest BCUT2D eigenvalue weighted by atomic mass is 35.5. The second-order valence-corrected chi connectivity index (χ2v) is 8.26.